The van der Waals surface area contributed by atoms with E-state index in [-0.39, 0.29) is 18.1 Å². The van der Waals surface area contributed by atoms with E-state index < -0.39 is 11.6 Å². The van der Waals surface area contributed by atoms with Crippen molar-refractivity contribution >= 4 is 12.4 Å². The van der Waals surface area contributed by atoms with Gasteiger partial charge in [0, 0.05) is 31.4 Å². The van der Waals surface area contributed by atoms with Crippen LogP contribution in [0.5, 0.6) is 0 Å². The number of halogens is 3. The Kier molecular flexibility index (Phi) is 5.50. The van der Waals surface area contributed by atoms with Crippen LogP contribution >= 0.6 is 12.4 Å². The second-order valence-corrected chi connectivity index (χ2v) is 5.35. The van der Waals surface area contributed by atoms with Crippen LogP contribution in [0, 0.1) is 11.6 Å². The molecular formula is C15H19ClF2N4. The minimum atomic E-state index is -0.620. The molecule has 1 unspecified atom stereocenters. The Balaban J connectivity index is 0.00000176. The number of nitrogens with zero attached hydrogens (tertiary/aromatic N) is 3. The van der Waals surface area contributed by atoms with Gasteiger partial charge in [0.2, 0.25) is 0 Å². The molecule has 2 aromatic rings. The Morgan fingerprint density at radius 1 is 1.27 bits per heavy atom. The normalized spacial score (nSPS) is 18.4. The summed E-state index contributed by atoms with van der Waals surface area (Å²) in [5.41, 5.74) is 6.87. The SMILES string of the molecule is Cl.NCC1CCCN1Cc1ccn(-c2ccc(F)cc2F)n1. The standard InChI is InChI=1S/C15H18F2N4.ClH/c16-11-3-4-15(14(17)8-11)21-7-5-12(19-21)10-20-6-1-2-13(20)9-18;/h3-5,7-8,13H,1-2,6,9-10,18H2;1H. The molecule has 4 nitrogen and oxygen atoms in total. The summed E-state index contributed by atoms with van der Waals surface area (Å²) in [5.74, 6) is -1.21. The van der Waals surface area contributed by atoms with Gasteiger partial charge in [-0.15, -0.1) is 12.4 Å². The number of likely N-dealkylation sites (tertiary alicyclic amines) is 1. The first-order chi connectivity index (χ1) is 10.2. The Hall–Kier alpha value is -1.50. The molecule has 3 rings (SSSR count). The zero-order valence-electron chi connectivity index (χ0n) is 12.1. The molecule has 1 aliphatic rings. The largest absolute Gasteiger partial charge is 0.329 e. The lowest BCUT2D eigenvalue weighted by Crippen LogP contribution is -2.34. The fourth-order valence-electron chi connectivity index (χ4n) is 2.83. The van der Waals surface area contributed by atoms with Crippen molar-refractivity contribution in [3.8, 4) is 5.69 Å². The fraction of sp³-hybridized carbons (Fsp3) is 0.400. The highest BCUT2D eigenvalue weighted by atomic mass is 35.5. The van der Waals surface area contributed by atoms with Crippen molar-refractivity contribution in [1.82, 2.24) is 14.7 Å². The average Bonchev–Trinajstić information content (AvgIpc) is 3.08. The van der Waals surface area contributed by atoms with Gasteiger partial charge in [0.05, 0.1) is 5.69 Å². The molecule has 2 N–H and O–H groups in total. The van der Waals surface area contributed by atoms with Crippen LogP contribution in [0.15, 0.2) is 30.5 Å². The highest BCUT2D eigenvalue weighted by Gasteiger charge is 2.23. The zero-order valence-corrected chi connectivity index (χ0v) is 12.9. The molecule has 1 aliphatic heterocycles. The molecule has 7 heteroatoms. The first kappa shape index (κ1) is 16.9. The fourth-order valence-corrected chi connectivity index (χ4v) is 2.83. The topological polar surface area (TPSA) is 47.1 Å². The molecule has 1 atom stereocenters. The van der Waals surface area contributed by atoms with Gasteiger partial charge in [-0.25, -0.2) is 13.5 Å². The Bertz CT molecular complexity index is 632. The molecule has 0 spiro atoms. The van der Waals surface area contributed by atoms with Crippen LogP contribution in [0.3, 0.4) is 0 Å². The summed E-state index contributed by atoms with van der Waals surface area (Å²) in [6.45, 7) is 2.37. The number of benzene rings is 1. The summed E-state index contributed by atoms with van der Waals surface area (Å²) < 4.78 is 28.1. The van der Waals surface area contributed by atoms with Crippen LogP contribution in [-0.2, 0) is 6.54 Å². The molecule has 0 aliphatic carbocycles. The van der Waals surface area contributed by atoms with Gasteiger partial charge in [-0.2, -0.15) is 5.10 Å². The van der Waals surface area contributed by atoms with Crippen molar-refractivity contribution in [1.29, 1.82) is 0 Å². The first-order valence-corrected chi connectivity index (χ1v) is 7.11. The third-order valence-electron chi connectivity index (χ3n) is 3.94. The monoisotopic (exact) mass is 328 g/mol. The van der Waals surface area contributed by atoms with Crippen molar-refractivity contribution < 1.29 is 8.78 Å². The maximum atomic E-state index is 13.7. The van der Waals surface area contributed by atoms with Gasteiger partial charge in [-0.1, -0.05) is 0 Å². The lowest BCUT2D eigenvalue weighted by atomic mass is 10.2. The molecule has 0 radical (unpaired) electrons. The third kappa shape index (κ3) is 3.45. The maximum absolute atomic E-state index is 13.7. The smallest absolute Gasteiger partial charge is 0.151 e. The van der Waals surface area contributed by atoms with Gasteiger partial charge in [-0.05, 0) is 37.6 Å². The molecule has 1 fully saturated rings. The summed E-state index contributed by atoms with van der Waals surface area (Å²) in [4.78, 5) is 2.30. The predicted molar refractivity (Wildman–Crippen MR) is 83.2 cm³/mol. The van der Waals surface area contributed by atoms with E-state index in [4.69, 9.17) is 5.73 Å². The van der Waals surface area contributed by atoms with E-state index in [1.807, 2.05) is 6.07 Å². The van der Waals surface area contributed by atoms with E-state index in [2.05, 4.69) is 10.00 Å². The molecule has 120 valence electrons. The molecule has 0 bridgehead atoms. The number of rotatable bonds is 4. The van der Waals surface area contributed by atoms with Crippen molar-refractivity contribution in [3.63, 3.8) is 0 Å². The van der Waals surface area contributed by atoms with E-state index in [0.29, 0.717) is 19.1 Å². The van der Waals surface area contributed by atoms with Crippen LogP contribution in [0.2, 0.25) is 0 Å². The minimum absolute atomic E-state index is 0. The predicted octanol–water partition coefficient (Wildman–Crippen LogP) is 2.50. The third-order valence-corrected chi connectivity index (χ3v) is 3.94. The zero-order chi connectivity index (χ0) is 14.8. The molecular weight excluding hydrogens is 310 g/mol. The Morgan fingerprint density at radius 3 is 2.82 bits per heavy atom. The van der Waals surface area contributed by atoms with Crippen LogP contribution < -0.4 is 5.73 Å². The quantitative estimate of drug-likeness (QED) is 0.938. The summed E-state index contributed by atoms with van der Waals surface area (Å²) in [7, 11) is 0. The van der Waals surface area contributed by atoms with Gasteiger partial charge in [0.15, 0.2) is 5.82 Å². The van der Waals surface area contributed by atoms with Crippen molar-refractivity contribution in [2.45, 2.75) is 25.4 Å². The van der Waals surface area contributed by atoms with E-state index in [9.17, 15) is 8.78 Å². The highest BCUT2D eigenvalue weighted by Crippen LogP contribution is 2.19. The van der Waals surface area contributed by atoms with Crippen LogP contribution in [0.25, 0.3) is 5.69 Å². The van der Waals surface area contributed by atoms with Crippen molar-refractivity contribution in [2.75, 3.05) is 13.1 Å². The maximum Gasteiger partial charge on any atom is 0.151 e. The van der Waals surface area contributed by atoms with Gasteiger partial charge in [-0.3, -0.25) is 4.90 Å². The molecule has 0 saturated carbocycles. The lowest BCUT2D eigenvalue weighted by molar-refractivity contribution is 0.247. The highest BCUT2D eigenvalue weighted by molar-refractivity contribution is 5.85. The van der Waals surface area contributed by atoms with Gasteiger partial charge >= 0.3 is 0 Å². The van der Waals surface area contributed by atoms with Gasteiger partial charge < -0.3 is 5.73 Å². The molecule has 1 aromatic carbocycles. The van der Waals surface area contributed by atoms with Crippen molar-refractivity contribution in [2.24, 2.45) is 5.73 Å². The average molecular weight is 329 g/mol. The number of hydrogen-bond acceptors (Lipinski definition) is 3. The van der Waals surface area contributed by atoms with Gasteiger partial charge in [0.25, 0.3) is 0 Å². The van der Waals surface area contributed by atoms with Gasteiger partial charge in [0.1, 0.15) is 11.5 Å². The van der Waals surface area contributed by atoms with Crippen LogP contribution in [0.4, 0.5) is 8.78 Å². The molecule has 0 amide bonds. The number of hydrogen-bond donors (Lipinski definition) is 1. The first-order valence-electron chi connectivity index (χ1n) is 7.11. The summed E-state index contributed by atoms with van der Waals surface area (Å²) in [6.07, 6.45) is 3.96. The van der Waals surface area contributed by atoms with Crippen LogP contribution in [-0.4, -0.2) is 33.8 Å². The molecule has 1 saturated heterocycles. The Morgan fingerprint density at radius 2 is 2.09 bits per heavy atom. The lowest BCUT2D eigenvalue weighted by Gasteiger charge is -2.21. The van der Waals surface area contributed by atoms with Crippen molar-refractivity contribution in [3.05, 3.63) is 47.8 Å². The summed E-state index contributed by atoms with van der Waals surface area (Å²) in [5, 5.41) is 4.37. The molecule has 22 heavy (non-hydrogen) atoms. The van der Waals surface area contributed by atoms with E-state index in [1.54, 1.807) is 6.20 Å². The van der Waals surface area contributed by atoms with Crippen LogP contribution in [0.1, 0.15) is 18.5 Å². The van der Waals surface area contributed by atoms with E-state index >= 15 is 0 Å². The second kappa shape index (κ2) is 7.17. The second-order valence-electron chi connectivity index (χ2n) is 5.35. The minimum Gasteiger partial charge on any atom is -0.329 e. The summed E-state index contributed by atoms with van der Waals surface area (Å²) in [6, 6.07) is 5.73. The summed E-state index contributed by atoms with van der Waals surface area (Å²) >= 11 is 0. The number of aromatic nitrogens is 2. The Labute approximate surface area is 134 Å². The van der Waals surface area contributed by atoms with E-state index in [1.165, 1.54) is 16.8 Å². The molecule has 2 heterocycles. The van der Waals surface area contributed by atoms with E-state index in [0.717, 1.165) is 31.1 Å². The number of nitrogens with two attached hydrogens (primary N) is 1. The molecule has 1 aromatic heterocycles.